The van der Waals surface area contributed by atoms with Gasteiger partial charge in [0.15, 0.2) is 11.5 Å². The van der Waals surface area contributed by atoms with Crippen LogP contribution in [0.25, 0.3) is 0 Å². The third kappa shape index (κ3) is 7.32. The van der Waals surface area contributed by atoms with Gasteiger partial charge in [0.05, 0.1) is 26.9 Å². The first-order valence-electron chi connectivity index (χ1n) is 7.36. The molecule has 0 aromatic heterocycles. The van der Waals surface area contributed by atoms with E-state index in [2.05, 4.69) is 19.2 Å². The summed E-state index contributed by atoms with van der Waals surface area (Å²) in [5, 5.41) is 12.0. The quantitative estimate of drug-likeness (QED) is 0.610. The van der Waals surface area contributed by atoms with Crippen LogP contribution in [0.3, 0.4) is 0 Å². The molecule has 0 unspecified atom stereocenters. The van der Waals surface area contributed by atoms with Gasteiger partial charge in [-0.3, -0.25) is 0 Å². The summed E-state index contributed by atoms with van der Waals surface area (Å²) in [6.45, 7) is 7.39. The van der Waals surface area contributed by atoms with Crippen LogP contribution >= 0.6 is 0 Å². The molecule has 5 nitrogen and oxygen atoms in total. The molecule has 1 rings (SSSR count). The van der Waals surface area contributed by atoms with Crippen LogP contribution in [0, 0.1) is 5.92 Å². The zero-order chi connectivity index (χ0) is 15.5. The van der Waals surface area contributed by atoms with Gasteiger partial charge >= 0.3 is 0 Å². The van der Waals surface area contributed by atoms with E-state index in [0.717, 1.165) is 18.7 Å². The second-order valence-corrected chi connectivity index (χ2v) is 5.19. The summed E-state index contributed by atoms with van der Waals surface area (Å²) in [7, 11) is 1.63. The maximum atomic E-state index is 8.63. The molecule has 0 fully saturated rings. The highest BCUT2D eigenvalue weighted by atomic mass is 16.5. The Bertz CT molecular complexity index is 396. The van der Waals surface area contributed by atoms with E-state index >= 15 is 0 Å². The van der Waals surface area contributed by atoms with E-state index in [4.69, 9.17) is 19.3 Å². The van der Waals surface area contributed by atoms with Gasteiger partial charge in [0.2, 0.25) is 0 Å². The molecule has 0 saturated heterocycles. The number of benzene rings is 1. The van der Waals surface area contributed by atoms with Crippen molar-refractivity contribution in [3.8, 4) is 11.5 Å². The molecular weight excluding hydrogens is 270 g/mol. The minimum absolute atomic E-state index is 0.0281. The van der Waals surface area contributed by atoms with Crippen molar-refractivity contribution in [3.05, 3.63) is 23.8 Å². The van der Waals surface area contributed by atoms with Gasteiger partial charge in [-0.1, -0.05) is 19.9 Å². The third-order valence-corrected chi connectivity index (χ3v) is 2.83. The molecule has 21 heavy (non-hydrogen) atoms. The maximum absolute atomic E-state index is 8.63. The molecule has 0 radical (unpaired) electrons. The van der Waals surface area contributed by atoms with Gasteiger partial charge in [-0.15, -0.1) is 0 Å². The molecule has 5 heteroatoms. The van der Waals surface area contributed by atoms with Crippen LogP contribution in [0.15, 0.2) is 18.2 Å². The van der Waals surface area contributed by atoms with E-state index in [9.17, 15) is 0 Å². The largest absolute Gasteiger partial charge is 0.493 e. The van der Waals surface area contributed by atoms with E-state index in [-0.39, 0.29) is 6.61 Å². The number of ether oxygens (including phenoxy) is 3. The molecule has 0 saturated carbocycles. The van der Waals surface area contributed by atoms with Gasteiger partial charge in [0, 0.05) is 6.54 Å². The van der Waals surface area contributed by atoms with Gasteiger partial charge < -0.3 is 24.6 Å². The molecule has 1 aromatic rings. The lowest BCUT2D eigenvalue weighted by Crippen LogP contribution is -2.19. The Labute approximate surface area is 127 Å². The predicted molar refractivity (Wildman–Crippen MR) is 82.9 cm³/mol. The minimum Gasteiger partial charge on any atom is -0.493 e. The van der Waals surface area contributed by atoms with Gasteiger partial charge in [-0.05, 0) is 30.2 Å². The van der Waals surface area contributed by atoms with Crippen molar-refractivity contribution in [3.63, 3.8) is 0 Å². The molecular formula is C16H27NO4. The lowest BCUT2D eigenvalue weighted by molar-refractivity contribution is 0.0698. The number of hydrogen-bond donors (Lipinski definition) is 2. The van der Waals surface area contributed by atoms with Crippen molar-refractivity contribution in [1.29, 1.82) is 0 Å². The molecule has 0 amide bonds. The monoisotopic (exact) mass is 297 g/mol. The van der Waals surface area contributed by atoms with E-state index in [1.165, 1.54) is 0 Å². The van der Waals surface area contributed by atoms with Gasteiger partial charge in [0.25, 0.3) is 0 Å². The van der Waals surface area contributed by atoms with Crippen LogP contribution in [0.1, 0.15) is 19.4 Å². The summed E-state index contributed by atoms with van der Waals surface area (Å²) in [6, 6.07) is 5.93. The number of hydrogen-bond acceptors (Lipinski definition) is 5. The van der Waals surface area contributed by atoms with E-state index in [0.29, 0.717) is 37.2 Å². The average Bonchev–Trinajstić information content (AvgIpc) is 2.47. The fourth-order valence-electron chi connectivity index (χ4n) is 1.83. The van der Waals surface area contributed by atoms with Crippen LogP contribution < -0.4 is 14.8 Å². The van der Waals surface area contributed by atoms with Crippen molar-refractivity contribution in [1.82, 2.24) is 5.32 Å². The van der Waals surface area contributed by atoms with E-state index in [1.54, 1.807) is 7.11 Å². The number of aliphatic hydroxyl groups is 1. The highest BCUT2D eigenvalue weighted by molar-refractivity contribution is 5.42. The summed E-state index contributed by atoms with van der Waals surface area (Å²) >= 11 is 0. The maximum Gasteiger partial charge on any atom is 0.161 e. The smallest absolute Gasteiger partial charge is 0.161 e. The van der Waals surface area contributed by atoms with Crippen LogP contribution in [-0.2, 0) is 11.3 Å². The molecule has 0 bridgehead atoms. The highest BCUT2D eigenvalue weighted by Crippen LogP contribution is 2.28. The first-order valence-corrected chi connectivity index (χ1v) is 7.36. The Balaban J connectivity index is 2.50. The van der Waals surface area contributed by atoms with Crippen molar-refractivity contribution in [2.24, 2.45) is 5.92 Å². The zero-order valence-corrected chi connectivity index (χ0v) is 13.2. The summed E-state index contributed by atoms with van der Waals surface area (Å²) in [4.78, 5) is 0. The Morgan fingerprint density at radius 1 is 1.14 bits per heavy atom. The van der Waals surface area contributed by atoms with Crippen molar-refractivity contribution >= 4 is 0 Å². The molecule has 0 aliphatic heterocycles. The molecule has 0 heterocycles. The third-order valence-electron chi connectivity index (χ3n) is 2.83. The first kappa shape index (κ1) is 17.8. The zero-order valence-electron chi connectivity index (χ0n) is 13.2. The Kier molecular flexibility index (Phi) is 8.82. The van der Waals surface area contributed by atoms with Crippen LogP contribution in [-0.4, -0.2) is 45.2 Å². The first-order chi connectivity index (χ1) is 10.2. The number of rotatable bonds is 11. The summed E-state index contributed by atoms with van der Waals surface area (Å²) in [5.41, 5.74) is 1.16. The fraction of sp³-hybridized carbons (Fsp3) is 0.625. The van der Waals surface area contributed by atoms with Crippen LogP contribution in [0.4, 0.5) is 0 Å². The van der Waals surface area contributed by atoms with Crippen molar-refractivity contribution < 1.29 is 19.3 Å². The number of aliphatic hydroxyl groups excluding tert-OH is 1. The standard InChI is InChI=1S/C16H27NO4/c1-13(2)11-17-12-14-4-5-15(19-3)16(10-14)21-9-8-20-7-6-18/h4-5,10,13,17-18H,6-9,11-12H2,1-3H3. The lowest BCUT2D eigenvalue weighted by atomic mass is 10.2. The summed E-state index contributed by atoms with van der Waals surface area (Å²) < 4.78 is 16.1. The Hall–Kier alpha value is -1.30. The lowest BCUT2D eigenvalue weighted by Gasteiger charge is -2.13. The molecule has 0 aliphatic carbocycles. The number of nitrogens with one attached hydrogen (secondary N) is 1. The Morgan fingerprint density at radius 3 is 2.62 bits per heavy atom. The molecule has 0 atom stereocenters. The summed E-state index contributed by atoms with van der Waals surface area (Å²) in [6.07, 6.45) is 0. The van der Waals surface area contributed by atoms with Gasteiger partial charge in [-0.25, -0.2) is 0 Å². The predicted octanol–water partition coefficient (Wildman–Crippen LogP) is 1.83. The molecule has 2 N–H and O–H groups in total. The molecule has 1 aromatic carbocycles. The van der Waals surface area contributed by atoms with E-state index in [1.807, 2.05) is 18.2 Å². The topological polar surface area (TPSA) is 60.0 Å². The van der Waals surface area contributed by atoms with Gasteiger partial charge in [-0.2, -0.15) is 0 Å². The normalized spacial score (nSPS) is 10.9. The van der Waals surface area contributed by atoms with E-state index < -0.39 is 0 Å². The second-order valence-electron chi connectivity index (χ2n) is 5.19. The average molecular weight is 297 g/mol. The van der Waals surface area contributed by atoms with Crippen LogP contribution in [0.5, 0.6) is 11.5 Å². The Morgan fingerprint density at radius 2 is 1.95 bits per heavy atom. The minimum atomic E-state index is 0.0281. The van der Waals surface area contributed by atoms with Crippen LogP contribution in [0.2, 0.25) is 0 Å². The molecule has 0 aliphatic rings. The van der Waals surface area contributed by atoms with Gasteiger partial charge in [0.1, 0.15) is 6.61 Å². The van der Waals surface area contributed by atoms with Crippen molar-refractivity contribution in [2.75, 3.05) is 40.1 Å². The highest BCUT2D eigenvalue weighted by Gasteiger charge is 2.06. The second kappa shape index (κ2) is 10.4. The van der Waals surface area contributed by atoms with Crippen molar-refractivity contribution in [2.45, 2.75) is 20.4 Å². The SMILES string of the molecule is COc1ccc(CNCC(C)C)cc1OCCOCCO. The summed E-state index contributed by atoms with van der Waals surface area (Å²) in [5.74, 6) is 2.06. The molecule has 0 spiro atoms. The number of methoxy groups -OCH3 is 1. The molecule has 120 valence electrons. The fourth-order valence-corrected chi connectivity index (χ4v) is 1.83.